The molecule has 0 radical (unpaired) electrons. The van der Waals surface area contributed by atoms with Crippen LogP contribution in [0.3, 0.4) is 0 Å². The van der Waals surface area contributed by atoms with Gasteiger partial charge in [-0.15, -0.1) is 0 Å². The Labute approximate surface area is 183 Å². The molecule has 0 amide bonds. The summed E-state index contributed by atoms with van der Waals surface area (Å²) >= 11 is 5.57. The molecular weight excluding hydrogens is 402 g/mol. The van der Waals surface area contributed by atoms with Gasteiger partial charge in [-0.05, 0) is 56.2 Å². The SMILES string of the molecule is O=C(c1ccc2c(c1)OCCO2)C1CCN(C(=S)NCCCN2CCOCC2)CC1. The van der Waals surface area contributed by atoms with Crippen molar-refractivity contribution in [3.8, 4) is 11.5 Å². The van der Waals surface area contributed by atoms with E-state index < -0.39 is 0 Å². The maximum absolute atomic E-state index is 12.9. The highest BCUT2D eigenvalue weighted by Gasteiger charge is 2.27. The molecule has 1 N–H and O–H groups in total. The van der Waals surface area contributed by atoms with E-state index >= 15 is 0 Å². The lowest BCUT2D eigenvalue weighted by Crippen LogP contribution is -2.46. The van der Waals surface area contributed by atoms with Gasteiger partial charge in [-0.1, -0.05) is 0 Å². The number of thiocarbonyl (C=S) groups is 1. The van der Waals surface area contributed by atoms with Crippen molar-refractivity contribution < 1.29 is 19.0 Å². The topological polar surface area (TPSA) is 63.3 Å². The number of carbonyl (C=O) groups excluding carboxylic acids is 1. The minimum Gasteiger partial charge on any atom is -0.486 e. The molecular formula is C22H31N3O4S. The van der Waals surface area contributed by atoms with E-state index in [-0.39, 0.29) is 11.7 Å². The summed E-state index contributed by atoms with van der Waals surface area (Å²) in [5, 5.41) is 4.19. The van der Waals surface area contributed by atoms with Crippen molar-refractivity contribution in [3.05, 3.63) is 23.8 Å². The van der Waals surface area contributed by atoms with Gasteiger partial charge in [0.2, 0.25) is 0 Å². The van der Waals surface area contributed by atoms with Crippen molar-refractivity contribution >= 4 is 23.1 Å². The average Bonchev–Trinajstić information content (AvgIpc) is 2.81. The van der Waals surface area contributed by atoms with Crippen LogP contribution in [0.2, 0.25) is 0 Å². The first-order valence-corrected chi connectivity index (χ1v) is 11.4. The monoisotopic (exact) mass is 433 g/mol. The molecule has 3 aliphatic heterocycles. The van der Waals surface area contributed by atoms with E-state index in [4.69, 9.17) is 26.4 Å². The van der Waals surface area contributed by atoms with Crippen molar-refractivity contribution in [2.75, 3.05) is 65.7 Å². The Balaban J connectivity index is 1.18. The number of ether oxygens (including phenoxy) is 3. The minimum absolute atomic E-state index is 0.0351. The molecule has 0 aromatic heterocycles. The molecule has 1 aromatic rings. The fourth-order valence-electron chi connectivity index (χ4n) is 4.21. The third-order valence-electron chi connectivity index (χ3n) is 6.01. The van der Waals surface area contributed by atoms with Crippen molar-refractivity contribution in [1.82, 2.24) is 15.1 Å². The molecule has 2 saturated heterocycles. The maximum Gasteiger partial charge on any atom is 0.168 e. The summed E-state index contributed by atoms with van der Waals surface area (Å²) in [6.45, 7) is 8.39. The number of likely N-dealkylation sites (tertiary alicyclic amines) is 1. The maximum atomic E-state index is 12.9. The summed E-state index contributed by atoms with van der Waals surface area (Å²) < 4.78 is 16.5. The zero-order valence-electron chi connectivity index (χ0n) is 17.4. The van der Waals surface area contributed by atoms with Crippen LogP contribution in [-0.2, 0) is 4.74 Å². The standard InChI is InChI=1S/C22H31N3O4S/c26-21(18-2-3-19-20(16-18)29-15-14-28-19)17-4-8-25(9-5-17)22(30)23-6-1-7-24-10-12-27-13-11-24/h2-3,16-17H,1,4-15H2,(H,23,30). The van der Waals surface area contributed by atoms with Crippen molar-refractivity contribution in [2.45, 2.75) is 19.3 Å². The van der Waals surface area contributed by atoms with Gasteiger partial charge in [0.25, 0.3) is 0 Å². The molecule has 3 aliphatic rings. The number of hydrogen-bond donors (Lipinski definition) is 1. The lowest BCUT2D eigenvalue weighted by molar-refractivity contribution is 0.0375. The molecule has 2 fully saturated rings. The molecule has 0 aliphatic carbocycles. The molecule has 1 aromatic carbocycles. The van der Waals surface area contributed by atoms with Gasteiger partial charge in [-0.25, -0.2) is 0 Å². The second-order valence-corrected chi connectivity index (χ2v) is 8.41. The number of nitrogens with one attached hydrogen (secondary N) is 1. The summed E-state index contributed by atoms with van der Waals surface area (Å²) in [5.41, 5.74) is 0.710. The minimum atomic E-state index is 0.0351. The fourth-order valence-corrected chi connectivity index (χ4v) is 4.50. The van der Waals surface area contributed by atoms with Crippen LogP contribution >= 0.6 is 12.2 Å². The van der Waals surface area contributed by atoms with Gasteiger partial charge in [0.15, 0.2) is 22.4 Å². The molecule has 0 atom stereocenters. The van der Waals surface area contributed by atoms with Crippen LogP contribution in [0.5, 0.6) is 11.5 Å². The van der Waals surface area contributed by atoms with Crippen LogP contribution in [0, 0.1) is 5.92 Å². The van der Waals surface area contributed by atoms with Crippen LogP contribution in [0.4, 0.5) is 0 Å². The number of morpholine rings is 1. The quantitative estimate of drug-likeness (QED) is 0.415. The molecule has 0 spiro atoms. The molecule has 164 valence electrons. The number of fused-ring (bicyclic) bond motifs is 1. The van der Waals surface area contributed by atoms with Gasteiger partial charge >= 0.3 is 0 Å². The normalized spacial score (nSPS) is 20.1. The summed E-state index contributed by atoms with van der Waals surface area (Å²) in [4.78, 5) is 17.6. The Morgan fingerprint density at radius 1 is 1.03 bits per heavy atom. The van der Waals surface area contributed by atoms with Gasteiger partial charge < -0.3 is 24.4 Å². The van der Waals surface area contributed by atoms with Crippen LogP contribution in [0.15, 0.2) is 18.2 Å². The van der Waals surface area contributed by atoms with Gasteiger partial charge in [0.1, 0.15) is 13.2 Å². The van der Waals surface area contributed by atoms with E-state index in [1.54, 1.807) is 0 Å². The van der Waals surface area contributed by atoms with Crippen LogP contribution in [-0.4, -0.2) is 86.4 Å². The lowest BCUT2D eigenvalue weighted by atomic mass is 9.89. The highest BCUT2D eigenvalue weighted by atomic mass is 32.1. The zero-order valence-corrected chi connectivity index (χ0v) is 18.3. The second kappa shape index (κ2) is 10.4. The Bertz CT molecular complexity index is 746. The highest BCUT2D eigenvalue weighted by molar-refractivity contribution is 7.80. The number of benzene rings is 1. The molecule has 0 unspecified atom stereocenters. The van der Waals surface area contributed by atoms with Crippen LogP contribution < -0.4 is 14.8 Å². The third kappa shape index (κ3) is 5.42. The number of Topliss-reactive ketones (excluding diaryl/α,β-unsaturated/α-hetero) is 1. The first-order chi connectivity index (χ1) is 14.7. The zero-order chi connectivity index (χ0) is 20.8. The average molecular weight is 434 g/mol. The predicted molar refractivity (Wildman–Crippen MR) is 119 cm³/mol. The van der Waals surface area contributed by atoms with Crippen molar-refractivity contribution in [2.24, 2.45) is 5.92 Å². The number of ketones is 1. The summed E-state index contributed by atoms with van der Waals surface area (Å²) in [6.07, 6.45) is 2.71. The molecule has 3 heterocycles. The number of rotatable bonds is 6. The van der Waals surface area contributed by atoms with E-state index in [9.17, 15) is 4.79 Å². The smallest absolute Gasteiger partial charge is 0.168 e. The molecule has 30 heavy (non-hydrogen) atoms. The predicted octanol–water partition coefficient (Wildman–Crippen LogP) is 1.95. The number of hydrogen-bond acceptors (Lipinski definition) is 6. The molecule has 8 heteroatoms. The Kier molecular flexibility index (Phi) is 7.41. The number of piperidine rings is 1. The van der Waals surface area contributed by atoms with Crippen molar-refractivity contribution in [3.63, 3.8) is 0 Å². The third-order valence-corrected chi connectivity index (χ3v) is 6.41. The van der Waals surface area contributed by atoms with Crippen molar-refractivity contribution in [1.29, 1.82) is 0 Å². The molecule has 7 nitrogen and oxygen atoms in total. The van der Waals surface area contributed by atoms with Crippen LogP contribution in [0.1, 0.15) is 29.6 Å². The second-order valence-electron chi connectivity index (χ2n) is 8.02. The Hall–Kier alpha value is -1.90. The fraction of sp³-hybridized carbons (Fsp3) is 0.636. The van der Waals surface area contributed by atoms with Gasteiger partial charge in [-0.3, -0.25) is 9.69 Å². The summed E-state index contributed by atoms with van der Waals surface area (Å²) in [7, 11) is 0. The first kappa shape index (κ1) is 21.3. The van der Waals surface area contributed by atoms with Gasteiger partial charge in [0, 0.05) is 44.2 Å². The highest BCUT2D eigenvalue weighted by Crippen LogP contribution is 2.32. The first-order valence-electron chi connectivity index (χ1n) is 11.0. The lowest BCUT2D eigenvalue weighted by Gasteiger charge is -2.33. The largest absolute Gasteiger partial charge is 0.486 e. The Morgan fingerprint density at radius 2 is 1.77 bits per heavy atom. The van der Waals surface area contributed by atoms with Crippen LogP contribution in [0.25, 0.3) is 0 Å². The van der Waals surface area contributed by atoms with E-state index in [1.165, 1.54) is 0 Å². The Morgan fingerprint density at radius 3 is 2.53 bits per heavy atom. The number of carbonyl (C=O) groups is 1. The van der Waals surface area contributed by atoms with Gasteiger partial charge in [-0.2, -0.15) is 0 Å². The van der Waals surface area contributed by atoms with E-state index in [1.807, 2.05) is 18.2 Å². The van der Waals surface area contributed by atoms with E-state index in [0.29, 0.717) is 24.5 Å². The summed E-state index contributed by atoms with van der Waals surface area (Å²) in [6, 6.07) is 5.51. The molecule has 0 saturated carbocycles. The summed E-state index contributed by atoms with van der Waals surface area (Å²) in [5.74, 6) is 1.62. The van der Waals surface area contributed by atoms with E-state index in [0.717, 1.165) is 82.6 Å². The van der Waals surface area contributed by atoms with E-state index in [2.05, 4.69) is 15.1 Å². The molecule has 4 rings (SSSR count). The van der Waals surface area contributed by atoms with Gasteiger partial charge in [0.05, 0.1) is 13.2 Å². The molecule has 0 bridgehead atoms. The number of nitrogens with zero attached hydrogens (tertiary/aromatic N) is 2.